The third-order valence-corrected chi connectivity index (χ3v) is 6.85. The lowest BCUT2D eigenvalue weighted by molar-refractivity contribution is -0.111. The van der Waals surface area contributed by atoms with Crippen molar-refractivity contribution in [2.24, 2.45) is 0 Å². The highest BCUT2D eigenvalue weighted by Crippen LogP contribution is 2.28. The van der Waals surface area contributed by atoms with Crippen molar-refractivity contribution >= 4 is 41.2 Å². The predicted molar refractivity (Wildman–Crippen MR) is 149 cm³/mol. The molecule has 0 spiro atoms. The van der Waals surface area contributed by atoms with E-state index in [-0.39, 0.29) is 5.91 Å². The summed E-state index contributed by atoms with van der Waals surface area (Å²) in [6.45, 7) is 6.53. The Morgan fingerprint density at radius 3 is 2.35 bits per heavy atom. The first-order valence-electron chi connectivity index (χ1n) is 11.4. The molecule has 0 aromatic heterocycles. The van der Waals surface area contributed by atoms with Crippen LogP contribution >= 0.6 is 11.8 Å². The monoisotopic (exact) mass is 468 g/mol. The van der Waals surface area contributed by atoms with Crippen LogP contribution in [0.25, 0.3) is 12.2 Å². The van der Waals surface area contributed by atoms with Crippen LogP contribution in [0, 0.1) is 6.92 Å². The summed E-state index contributed by atoms with van der Waals surface area (Å²) in [5.41, 5.74) is 13.2. The minimum absolute atomic E-state index is 0.206. The molecule has 3 aromatic rings. The summed E-state index contributed by atoms with van der Waals surface area (Å²) in [7, 11) is 0. The van der Waals surface area contributed by atoms with Crippen LogP contribution in [-0.2, 0) is 10.5 Å². The van der Waals surface area contributed by atoms with Gasteiger partial charge in [0.05, 0.1) is 11.4 Å². The van der Waals surface area contributed by atoms with E-state index < -0.39 is 0 Å². The summed E-state index contributed by atoms with van der Waals surface area (Å²) in [6.07, 6.45) is 8.81. The Morgan fingerprint density at radius 2 is 1.65 bits per heavy atom. The second-order valence-corrected chi connectivity index (χ2v) is 9.15. The molecule has 174 valence electrons. The zero-order valence-electron chi connectivity index (χ0n) is 20.0. The van der Waals surface area contributed by atoms with E-state index in [4.69, 9.17) is 5.73 Å². The van der Waals surface area contributed by atoms with E-state index in [0.717, 1.165) is 17.7 Å². The van der Waals surface area contributed by atoms with Gasteiger partial charge in [-0.3, -0.25) is 4.79 Å². The minimum atomic E-state index is -0.206. The van der Waals surface area contributed by atoms with Crippen molar-refractivity contribution in [2.75, 3.05) is 11.1 Å². The van der Waals surface area contributed by atoms with Crippen molar-refractivity contribution in [3.8, 4) is 0 Å². The summed E-state index contributed by atoms with van der Waals surface area (Å²) in [5.74, 6) is 0.686. The molecule has 3 aromatic carbocycles. The highest BCUT2D eigenvalue weighted by atomic mass is 32.2. The molecule has 3 nitrogen and oxygen atoms in total. The van der Waals surface area contributed by atoms with Crippen LogP contribution in [0.15, 0.2) is 95.4 Å². The fraction of sp³-hybridized carbons (Fsp3) is 0.167. The maximum absolute atomic E-state index is 12.2. The molecule has 0 bridgehead atoms. The Bertz CT molecular complexity index is 1210. The normalized spacial score (nSPS) is 12.2. The molecule has 0 saturated heterocycles. The molecule has 1 amide bonds. The number of nitrogens with one attached hydrogen (secondary N) is 1. The van der Waals surface area contributed by atoms with E-state index in [9.17, 15) is 4.79 Å². The van der Waals surface area contributed by atoms with Gasteiger partial charge in [-0.1, -0.05) is 79.2 Å². The van der Waals surface area contributed by atoms with Crippen molar-refractivity contribution in [1.82, 2.24) is 0 Å². The first kappa shape index (κ1) is 25.1. The number of rotatable bonds is 9. The highest BCUT2D eigenvalue weighted by molar-refractivity contribution is 8.02. The molecule has 0 unspecified atom stereocenters. The molecule has 0 heterocycles. The number of aryl methyl sites for hydroxylation is 1. The molecule has 0 saturated carbocycles. The van der Waals surface area contributed by atoms with Gasteiger partial charge in [0.1, 0.15) is 0 Å². The largest absolute Gasteiger partial charge is 0.397 e. The van der Waals surface area contributed by atoms with Crippen molar-refractivity contribution in [2.45, 2.75) is 32.9 Å². The average molecular weight is 469 g/mol. The van der Waals surface area contributed by atoms with Gasteiger partial charge < -0.3 is 11.1 Å². The van der Waals surface area contributed by atoms with Crippen molar-refractivity contribution in [1.29, 1.82) is 0 Å². The SMILES string of the molecule is CC/C(C)=C(/C=C\c1ccccc1C)SCc1ccc(/C=C/C(=O)Nc2ccccc2N)cc1. The number of nitrogens with two attached hydrogens (primary N) is 1. The van der Waals surface area contributed by atoms with Crippen molar-refractivity contribution in [3.05, 3.63) is 118 Å². The number of thioether (sulfide) groups is 1. The molecule has 34 heavy (non-hydrogen) atoms. The number of benzene rings is 3. The topological polar surface area (TPSA) is 55.1 Å². The number of para-hydroxylation sites is 2. The maximum Gasteiger partial charge on any atom is 0.248 e. The van der Waals surface area contributed by atoms with Gasteiger partial charge in [-0.15, -0.1) is 11.8 Å². The Morgan fingerprint density at radius 1 is 0.941 bits per heavy atom. The second-order valence-electron chi connectivity index (χ2n) is 8.13. The van der Waals surface area contributed by atoms with E-state index in [2.05, 4.69) is 74.6 Å². The lowest BCUT2D eigenvalue weighted by atomic mass is 10.1. The van der Waals surface area contributed by atoms with Crippen LogP contribution in [0.2, 0.25) is 0 Å². The third-order valence-electron chi connectivity index (χ3n) is 5.57. The molecule has 0 aliphatic heterocycles. The van der Waals surface area contributed by atoms with Gasteiger partial charge in [0, 0.05) is 16.7 Å². The van der Waals surface area contributed by atoms with Crippen LogP contribution in [0.1, 0.15) is 42.5 Å². The van der Waals surface area contributed by atoms with Gasteiger partial charge in [-0.05, 0) is 66.8 Å². The van der Waals surface area contributed by atoms with Gasteiger partial charge in [0.25, 0.3) is 0 Å². The van der Waals surface area contributed by atoms with E-state index in [1.54, 1.807) is 12.1 Å². The summed E-state index contributed by atoms with van der Waals surface area (Å²) < 4.78 is 0. The molecule has 0 atom stereocenters. The maximum atomic E-state index is 12.2. The Labute approximate surface area is 207 Å². The lowest BCUT2D eigenvalue weighted by Crippen LogP contribution is -2.09. The molecule has 0 aliphatic rings. The predicted octanol–water partition coefficient (Wildman–Crippen LogP) is 7.86. The van der Waals surface area contributed by atoms with Crippen LogP contribution in [0.4, 0.5) is 11.4 Å². The summed E-state index contributed by atoms with van der Waals surface area (Å²) >= 11 is 1.86. The Kier molecular flexibility index (Phi) is 9.36. The first-order chi connectivity index (χ1) is 16.5. The average Bonchev–Trinajstić information content (AvgIpc) is 2.85. The molecule has 3 N–H and O–H groups in total. The first-order valence-corrected chi connectivity index (χ1v) is 12.4. The quantitative estimate of drug-likeness (QED) is 0.191. The highest BCUT2D eigenvalue weighted by Gasteiger charge is 2.03. The molecule has 3 rings (SSSR count). The second kappa shape index (κ2) is 12.7. The lowest BCUT2D eigenvalue weighted by Gasteiger charge is -2.08. The smallest absolute Gasteiger partial charge is 0.248 e. The number of carbonyl (C=O) groups excluding carboxylic acids is 1. The number of nitrogen functional groups attached to an aromatic ring is 1. The van der Waals surface area contributed by atoms with E-state index >= 15 is 0 Å². The molecular weight excluding hydrogens is 436 g/mol. The van der Waals surface area contributed by atoms with Crippen LogP contribution in [0.3, 0.4) is 0 Å². The fourth-order valence-corrected chi connectivity index (χ4v) is 4.34. The van der Waals surface area contributed by atoms with Gasteiger partial charge >= 0.3 is 0 Å². The Hall–Kier alpha value is -3.50. The van der Waals surface area contributed by atoms with Crippen LogP contribution in [-0.4, -0.2) is 5.91 Å². The van der Waals surface area contributed by atoms with E-state index in [1.807, 2.05) is 42.1 Å². The zero-order valence-corrected chi connectivity index (χ0v) is 20.9. The van der Waals surface area contributed by atoms with Gasteiger partial charge in [0.15, 0.2) is 0 Å². The van der Waals surface area contributed by atoms with Crippen LogP contribution in [0.5, 0.6) is 0 Å². The standard InChI is InChI=1S/C30H32N2OS/c1-4-22(2)29(19-18-26-10-6-5-9-23(26)3)34-21-25-15-13-24(14-16-25)17-20-30(33)32-28-12-8-7-11-27(28)31/h5-20H,4,21,31H2,1-3H3,(H,32,33)/b19-18-,20-17+,29-22-. The molecule has 0 radical (unpaired) electrons. The number of allylic oxidation sites excluding steroid dienone is 2. The number of anilines is 2. The third kappa shape index (κ3) is 7.53. The van der Waals surface area contributed by atoms with E-state index in [0.29, 0.717) is 11.4 Å². The summed E-state index contributed by atoms with van der Waals surface area (Å²) in [5, 5.41) is 2.80. The molecular formula is C30H32N2OS. The number of amides is 1. The zero-order chi connectivity index (χ0) is 24.3. The minimum Gasteiger partial charge on any atom is -0.397 e. The van der Waals surface area contributed by atoms with Crippen LogP contribution < -0.4 is 11.1 Å². The molecule has 0 fully saturated rings. The number of hydrogen-bond donors (Lipinski definition) is 2. The fourth-order valence-electron chi connectivity index (χ4n) is 3.27. The van der Waals surface area contributed by atoms with Gasteiger partial charge in [0.2, 0.25) is 5.91 Å². The van der Waals surface area contributed by atoms with Crippen molar-refractivity contribution in [3.63, 3.8) is 0 Å². The number of hydrogen-bond acceptors (Lipinski definition) is 3. The molecule has 4 heteroatoms. The van der Waals surface area contributed by atoms with Crippen molar-refractivity contribution < 1.29 is 4.79 Å². The Balaban J connectivity index is 1.59. The van der Waals surface area contributed by atoms with Gasteiger partial charge in [-0.2, -0.15) is 0 Å². The molecule has 0 aliphatic carbocycles. The number of carbonyl (C=O) groups is 1. The summed E-state index contributed by atoms with van der Waals surface area (Å²) in [4.78, 5) is 13.5. The van der Waals surface area contributed by atoms with E-state index in [1.165, 1.54) is 33.2 Å². The van der Waals surface area contributed by atoms with Gasteiger partial charge in [-0.25, -0.2) is 0 Å². The summed E-state index contributed by atoms with van der Waals surface area (Å²) in [6, 6.07) is 24.0.